The molecule has 4 amide bonds. The first-order chi connectivity index (χ1) is 14.0. The smallest absolute Gasteiger partial charge is 0.262 e. The lowest BCUT2D eigenvalue weighted by molar-refractivity contribution is -0.132. The second kappa shape index (κ2) is 7.67. The van der Waals surface area contributed by atoms with Crippen LogP contribution < -0.4 is 0 Å². The Bertz CT molecular complexity index is 979. The van der Waals surface area contributed by atoms with E-state index in [-0.39, 0.29) is 18.4 Å². The van der Waals surface area contributed by atoms with Gasteiger partial charge in [-0.25, -0.2) is 0 Å². The summed E-state index contributed by atoms with van der Waals surface area (Å²) in [5.41, 5.74) is 1.07. The molecule has 29 heavy (non-hydrogen) atoms. The number of hydrogen-bond acceptors (Lipinski definition) is 4. The van der Waals surface area contributed by atoms with Gasteiger partial charge in [0.05, 0.1) is 21.7 Å². The molecule has 0 radical (unpaired) electrons. The van der Waals surface area contributed by atoms with Gasteiger partial charge in [0, 0.05) is 26.2 Å². The summed E-state index contributed by atoms with van der Waals surface area (Å²) in [6, 6.07) is 13.4. The number of benzene rings is 2. The fourth-order valence-corrected chi connectivity index (χ4v) is 3.80. The molecule has 2 aromatic carbocycles. The lowest BCUT2D eigenvalue weighted by Gasteiger charge is -2.35. The molecule has 8 heteroatoms. The molecule has 0 N–H and O–H groups in total. The molecule has 0 atom stereocenters. The topological polar surface area (TPSA) is 78.0 Å². The maximum absolute atomic E-state index is 12.7. The van der Waals surface area contributed by atoms with Crippen molar-refractivity contribution < 1.29 is 19.2 Å². The number of nitrogens with zero attached hydrogens (tertiary/aromatic N) is 3. The van der Waals surface area contributed by atoms with Gasteiger partial charge < -0.3 is 9.80 Å². The highest BCUT2D eigenvalue weighted by Crippen LogP contribution is 2.23. The van der Waals surface area contributed by atoms with Crippen LogP contribution in [0.5, 0.6) is 0 Å². The zero-order valence-electron chi connectivity index (χ0n) is 15.5. The number of piperazine rings is 1. The van der Waals surface area contributed by atoms with E-state index in [2.05, 4.69) is 0 Å². The fraction of sp³-hybridized carbons (Fsp3) is 0.238. The summed E-state index contributed by atoms with van der Waals surface area (Å²) in [6.07, 6.45) is 0. The monoisotopic (exact) mass is 411 g/mol. The van der Waals surface area contributed by atoms with Crippen LogP contribution in [0.3, 0.4) is 0 Å². The third-order valence-electron chi connectivity index (χ3n) is 5.20. The highest BCUT2D eigenvalue weighted by atomic mass is 35.5. The molecule has 2 aliphatic heterocycles. The number of fused-ring (bicyclic) bond motifs is 1. The average Bonchev–Trinajstić information content (AvgIpc) is 2.99. The molecule has 0 saturated carbocycles. The van der Waals surface area contributed by atoms with E-state index in [0.717, 1.165) is 4.90 Å². The second-order valence-electron chi connectivity index (χ2n) is 6.89. The Morgan fingerprint density at radius 3 is 1.90 bits per heavy atom. The summed E-state index contributed by atoms with van der Waals surface area (Å²) in [5.74, 6) is -1.40. The molecule has 0 bridgehead atoms. The first-order valence-corrected chi connectivity index (χ1v) is 9.62. The van der Waals surface area contributed by atoms with Crippen molar-refractivity contribution in [2.45, 2.75) is 0 Å². The minimum absolute atomic E-state index is 0.178. The van der Waals surface area contributed by atoms with Crippen LogP contribution in [0.2, 0.25) is 5.02 Å². The molecule has 2 aromatic rings. The summed E-state index contributed by atoms with van der Waals surface area (Å²) in [7, 11) is 0. The van der Waals surface area contributed by atoms with Crippen LogP contribution in [-0.4, -0.2) is 71.1 Å². The van der Waals surface area contributed by atoms with Crippen LogP contribution in [0, 0.1) is 0 Å². The molecular weight excluding hydrogens is 394 g/mol. The summed E-state index contributed by atoms with van der Waals surface area (Å²) in [6.45, 7) is 1.08. The minimum Gasteiger partial charge on any atom is -0.338 e. The second-order valence-corrected chi connectivity index (χ2v) is 7.30. The highest BCUT2D eigenvalue weighted by Gasteiger charge is 2.37. The van der Waals surface area contributed by atoms with Crippen molar-refractivity contribution in [3.8, 4) is 0 Å². The highest BCUT2D eigenvalue weighted by molar-refractivity contribution is 6.33. The summed E-state index contributed by atoms with van der Waals surface area (Å²) >= 11 is 6.10. The fourth-order valence-electron chi connectivity index (χ4n) is 3.58. The summed E-state index contributed by atoms with van der Waals surface area (Å²) in [5, 5.41) is 0.390. The normalized spacial score (nSPS) is 16.2. The molecule has 1 saturated heterocycles. The van der Waals surface area contributed by atoms with Crippen molar-refractivity contribution in [2.75, 3.05) is 32.7 Å². The van der Waals surface area contributed by atoms with Crippen molar-refractivity contribution >= 4 is 35.2 Å². The standard InChI is InChI=1S/C21H18ClN3O4/c22-17-8-4-3-7-16(17)19(27)24-11-9-23(10-12-24)18(26)13-25-20(28)14-5-1-2-6-15(14)21(25)29/h1-8H,9-13H2. The summed E-state index contributed by atoms with van der Waals surface area (Å²) < 4.78 is 0. The third kappa shape index (κ3) is 3.49. The van der Waals surface area contributed by atoms with E-state index < -0.39 is 11.8 Å². The Morgan fingerprint density at radius 2 is 1.31 bits per heavy atom. The van der Waals surface area contributed by atoms with Crippen LogP contribution in [-0.2, 0) is 4.79 Å². The van der Waals surface area contributed by atoms with Crippen LogP contribution in [0.15, 0.2) is 48.5 Å². The zero-order chi connectivity index (χ0) is 20.5. The van der Waals surface area contributed by atoms with Crippen molar-refractivity contribution in [3.05, 3.63) is 70.2 Å². The number of hydrogen-bond donors (Lipinski definition) is 0. The molecule has 0 aliphatic carbocycles. The number of halogens is 1. The van der Waals surface area contributed by atoms with E-state index in [9.17, 15) is 19.2 Å². The molecule has 4 rings (SSSR count). The number of amides is 4. The molecule has 0 spiro atoms. The molecule has 2 heterocycles. The quantitative estimate of drug-likeness (QED) is 0.723. The van der Waals surface area contributed by atoms with Crippen molar-refractivity contribution in [1.82, 2.24) is 14.7 Å². The first kappa shape index (κ1) is 19.1. The Labute approximate surface area is 172 Å². The van der Waals surface area contributed by atoms with Crippen LogP contribution >= 0.6 is 11.6 Å². The van der Waals surface area contributed by atoms with Crippen LogP contribution in [0.1, 0.15) is 31.1 Å². The van der Waals surface area contributed by atoms with E-state index in [1.807, 2.05) is 0 Å². The SMILES string of the molecule is O=C(CN1C(=O)c2ccccc2C1=O)N1CCN(C(=O)c2ccccc2Cl)CC1. The van der Waals surface area contributed by atoms with Crippen LogP contribution in [0.25, 0.3) is 0 Å². The lowest BCUT2D eigenvalue weighted by Crippen LogP contribution is -2.53. The lowest BCUT2D eigenvalue weighted by atomic mass is 10.1. The minimum atomic E-state index is -0.452. The molecule has 0 aromatic heterocycles. The Morgan fingerprint density at radius 1 is 0.793 bits per heavy atom. The van der Waals surface area contributed by atoms with Crippen LogP contribution in [0.4, 0.5) is 0 Å². The third-order valence-corrected chi connectivity index (χ3v) is 5.53. The predicted octanol–water partition coefficient (Wildman–Crippen LogP) is 1.92. The largest absolute Gasteiger partial charge is 0.338 e. The van der Waals surface area contributed by atoms with Crippen molar-refractivity contribution in [3.63, 3.8) is 0 Å². The van der Waals surface area contributed by atoms with Gasteiger partial charge in [0.2, 0.25) is 5.91 Å². The van der Waals surface area contributed by atoms with Gasteiger partial charge in [-0.15, -0.1) is 0 Å². The van der Waals surface area contributed by atoms with E-state index in [1.54, 1.807) is 58.3 Å². The Hall–Kier alpha value is -3.19. The van der Waals surface area contributed by atoms with Gasteiger partial charge in [-0.1, -0.05) is 35.9 Å². The van der Waals surface area contributed by atoms with Gasteiger partial charge in [0.25, 0.3) is 17.7 Å². The maximum atomic E-state index is 12.7. The molecule has 2 aliphatic rings. The number of rotatable bonds is 3. The molecular formula is C21H18ClN3O4. The van der Waals surface area contributed by atoms with Gasteiger partial charge in [0.1, 0.15) is 6.54 Å². The molecule has 7 nitrogen and oxygen atoms in total. The van der Waals surface area contributed by atoms with E-state index in [0.29, 0.717) is 47.9 Å². The zero-order valence-corrected chi connectivity index (χ0v) is 16.3. The van der Waals surface area contributed by atoms with E-state index in [4.69, 9.17) is 11.6 Å². The molecule has 0 unspecified atom stereocenters. The predicted molar refractivity (Wildman–Crippen MR) is 106 cm³/mol. The maximum Gasteiger partial charge on any atom is 0.262 e. The first-order valence-electron chi connectivity index (χ1n) is 9.24. The molecule has 148 valence electrons. The summed E-state index contributed by atoms with van der Waals surface area (Å²) in [4.78, 5) is 54.3. The van der Waals surface area contributed by atoms with Gasteiger partial charge in [-0.05, 0) is 24.3 Å². The van der Waals surface area contributed by atoms with E-state index in [1.165, 1.54) is 0 Å². The number of imide groups is 1. The number of carbonyl (C=O) groups is 4. The number of carbonyl (C=O) groups excluding carboxylic acids is 4. The Kier molecular flexibility index (Phi) is 5.07. The van der Waals surface area contributed by atoms with Gasteiger partial charge in [0.15, 0.2) is 0 Å². The van der Waals surface area contributed by atoms with Gasteiger partial charge in [-0.2, -0.15) is 0 Å². The average molecular weight is 412 g/mol. The molecule has 1 fully saturated rings. The van der Waals surface area contributed by atoms with E-state index >= 15 is 0 Å². The van der Waals surface area contributed by atoms with Gasteiger partial charge >= 0.3 is 0 Å². The van der Waals surface area contributed by atoms with Crippen molar-refractivity contribution in [1.29, 1.82) is 0 Å². The Balaban J connectivity index is 1.37. The van der Waals surface area contributed by atoms with Crippen molar-refractivity contribution in [2.24, 2.45) is 0 Å². The van der Waals surface area contributed by atoms with Gasteiger partial charge in [-0.3, -0.25) is 24.1 Å².